The molecule has 152 valence electrons. The normalized spacial score (nSPS) is 18.4. The molecule has 2 aliphatic rings. The van der Waals surface area contributed by atoms with Crippen molar-refractivity contribution in [2.24, 2.45) is 0 Å². The molecule has 0 aromatic heterocycles. The second-order valence-corrected chi connectivity index (χ2v) is 7.80. The van der Waals surface area contributed by atoms with Crippen LogP contribution in [0.5, 0.6) is 0 Å². The Kier molecular flexibility index (Phi) is 7.46. The van der Waals surface area contributed by atoms with E-state index in [0.717, 1.165) is 44.2 Å². The standard InChI is InChI=1S/C22H30N2O4/c25-20(23-19-10-4-2-1-3-5-11-19)16-28-22(27)18-9-6-8-17(14-18)15-24-13-7-12-21(24)26/h6,8-9,14,19H,1-5,7,10-13,15-16H2,(H,23,25). The minimum Gasteiger partial charge on any atom is -0.452 e. The molecule has 1 N–H and O–H groups in total. The van der Waals surface area contributed by atoms with Gasteiger partial charge in [-0.15, -0.1) is 0 Å². The number of likely N-dealkylation sites (tertiary alicyclic amines) is 1. The monoisotopic (exact) mass is 386 g/mol. The maximum Gasteiger partial charge on any atom is 0.338 e. The van der Waals surface area contributed by atoms with Crippen LogP contribution in [0, 0.1) is 0 Å². The van der Waals surface area contributed by atoms with Gasteiger partial charge in [0.15, 0.2) is 6.61 Å². The summed E-state index contributed by atoms with van der Waals surface area (Å²) in [6, 6.07) is 7.27. The first-order chi connectivity index (χ1) is 13.6. The molecule has 6 nitrogen and oxygen atoms in total. The highest BCUT2D eigenvalue weighted by Gasteiger charge is 2.21. The van der Waals surface area contributed by atoms with Crippen LogP contribution in [0.25, 0.3) is 0 Å². The van der Waals surface area contributed by atoms with Gasteiger partial charge in [-0.3, -0.25) is 9.59 Å². The lowest BCUT2D eigenvalue weighted by Gasteiger charge is -2.21. The van der Waals surface area contributed by atoms with Gasteiger partial charge in [0, 0.05) is 25.6 Å². The van der Waals surface area contributed by atoms with Crippen molar-refractivity contribution in [2.45, 2.75) is 70.4 Å². The van der Waals surface area contributed by atoms with E-state index in [1.165, 1.54) is 19.3 Å². The quantitative estimate of drug-likeness (QED) is 0.762. The van der Waals surface area contributed by atoms with Crippen LogP contribution in [0.2, 0.25) is 0 Å². The number of benzene rings is 1. The summed E-state index contributed by atoms with van der Waals surface area (Å²) in [4.78, 5) is 38.0. The Bertz CT molecular complexity index is 696. The highest BCUT2D eigenvalue weighted by Crippen LogP contribution is 2.17. The third kappa shape index (κ3) is 6.08. The van der Waals surface area contributed by atoms with E-state index >= 15 is 0 Å². The summed E-state index contributed by atoms with van der Waals surface area (Å²) < 4.78 is 5.20. The first-order valence-electron chi connectivity index (χ1n) is 10.4. The number of carbonyl (C=O) groups excluding carboxylic acids is 3. The summed E-state index contributed by atoms with van der Waals surface area (Å²) in [6.45, 7) is 1.00. The Hall–Kier alpha value is -2.37. The van der Waals surface area contributed by atoms with Crippen molar-refractivity contribution < 1.29 is 19.1 Å². The summed E-state index contributed by atoms with van der Waals surface area (Å²) in [5.74, 6) is -0.598. The zero-order valence-electron chi connectivity index (χ0n) is 16.5. The van der Waals surface area contributed by atoms with Crippen LogP contribution in [-0.4, -0.2) is 41.9 Å². The number of nitrogens with zero attached hydrogens (tertiary/aromatic N) is 1. The van der Waals surface area contributed by atoms with E-state index in [0.29, 0.717) is 18.5 Å². The second-order valence-electron chi connectivity index (χ2n) is 7.80. The van der Waals surface area contributed by atoms with E-state index in [2.05, 4.69) is 5.32 Å². The molecule has 28 heavy (non-hydrogen) atoms. The third-order valence-corrected chi connectivity index (χ3v) is 5.51. The molecule has 0 radical (unpaired) electrons. The number of carbonyl (C=O) groups is 3. The first-order valence-corrected chi connectivity index (χ1v) is 10.4. The lowest BCUT2D eigenvalue weighted by Crippen LogP contribution is -2.38. The van der Waals surface area contributed by atoms with E-state index in [9.17, 15) is 14.4 Å². The maximum absolute atomic E-state index is 12.3. The molecule has 1 saturated carbocycles. The maximum atomic E-state index is 12.3. The fraction of sp³-hybridized carbons (Fsp3) is 0.591. The zero-order chi connectivity index (χ0) is 19.8. The van der Waals surface area contributed by atoms with E-state index in [1.54, 1.807) is 23.1 Å². The van der Waals surface area contributed by atoms with Crippen molar-refractivity contribution in [2.75, 3.05) is 13.2 Å². The molecule has 0 bridgehead atoms. The molecule has 0 unspecified atom stereocenters. The molecule has 1 heterocycles. The summed E-state index contributed by atoms with van der Waals surface area (Å²) in [7, 11) is 0. The minimum atomic E-state index is -0.512. The van der Waals surface area contributed by atoms with Crippen LogP contribution in [-0.2, 0) is 20.9 Å². The van der Waals surface area contributed by atoms with Gasteiger partial charge in [-0.05, 0) is 37.0 Å². The van der Waals surface area contributed by atoms with Gasteiger partial charge in [-0.1, -0.05) is 44.2 Å². The summed E-state index contributed by atoms with van der Waals surface area (Å²) in [5.41, 5.74) is 1.30. The molecule has 1 aliphatic heterocycles. The van der Waals surface area contributed by atoms with Crippen LogP contribution >= 0.6 is 0 Å². The minimum absolute atomic E-state index is 0.152. The second kappa shape index (κ2) is 10.2. The predicted octanol–water partition coefficient (Wildman–Crippen LogP) is 3.19. The van der Waals surface area contributed by atoms with Crippen molar-refractivity contribution in [3.63, 3.8) is 0 Å². The number of nitrogens with one attached hydrogen (secondary N) is 1. The van der Waals surface area contributed by atoms with E-state index in [1.807, 2.05) is 6.07 Å². The van der Waals surface area contributed by atoms with Crippen LogP contribution in [0.3, 0.4) is 0 Å². The smallest absolute Gasteiger partial charge is 0.338 e. The van der Waals surface area contributed by atoms with Gasteiger partial charge in [0.1, 0.15) is 0 Å². The predicted molar refractivity (Wildman–Crippen MR) is 106 cm³/mol. The van der Waals surface area contributed by atoms with E-state index < -0.39 is 5.97 Å². The molecule has 0 atom stereocenters. The van der Waals surface area contributed by atoms with Crippen molar-refractivity contribution in [3.05, 3.63) is 35.4 Å². The van der Waals surface area contributed by atoms with Crippen molar-refractivity contribution >= 4 is 17.8 Å². The zero-order valence-corrected chi connectivity index (χ0v) is 16.5. The number of ether oxygens (including phenoxy) is 1. The fourth-order valence-electron chi connectivity index (χ4n) is 3.97. The molecule has 3 rings (SSSR count). The SMILES string of the molecule is O=C(COC(=O)c1cccc(CN2CCCC2=O)c1)NC1CCCCCCC1. The summed E-state index contributed by atoms with van der Waals surface area (Å²) in [5, 5.41) is 3.00. The first kappa shape index (κ1) is 20.4. The average molecular weight is 386 g/mol. The largest absolute Gasteiger partial charge is 0.452 e. The lowest BCUT2D eigenvalue weighted by atomic mass is 9.97. The van der Waals surface area contributed by atoms with Crippen molar-refractivity contribution in [3.8, 4) is 0 Å². The summed E-state index contributed by atoms with van der Waals surface area (Å²) in [6.07, 6.45) is 9.47. The topological polar surface area (TPSA) is 75.7 Å². The van der Waals surface area contributed by atoms with E-state index in [4.69, 9.17) is 4.74 Å². The highest BCUT2D eigenvalue weighted by molar-refractivity contribution is 5.91. The Morgan fingerprint density at radius 1 is 1.07 bits per heavy atom. The molecule has 2 amide bonds. The molecule has 1 aromatic rings. The number of rotatable bonds is 6. The van der Waals surface area contributed by atoms with Crippen molar-refractivity contribution in [1.82, 2.24) is 10.2 Å². The van der Waals surface area contributed by atoms with Crippen LogP contribution in [0.15, 0.2) is 24.3 Å². The number of hydrogen-bond donors (Lipinski definition) is 1. The van der Waals surface area contributed by atoms with Gasteiger partial charge in [0.05, 0.1) is 5.56 Å². The van der Waals surface area contributed by atoms with Crippen LogP contribution < -0.4 is 5.32 Å². The molecule has 0 spiro atoms. The average Bonchev–Trinajstić information content (AvgIpc) is 3.06. The molecule has 1 saturated heterocycles. The highest BCUT2D eigenvalue weighted by atomic mass is 16.5. The molecule has 1 aromatic carbocycles. The Labute approximate surface area is 166 Å². The molecular formula is C22H30N2O4. The lowest BCUT2D eigenvalue weighted by molar-refractivity contribution is -0.128. The molecule has 6 heteroatoms. The fourth-order valence-corrected chi connectivity index (χ4v) is 3.97. The molecule has 2 fully saturated rings. The van der Waals surface area contributed by atoms with Gasteiger partial charge in [-0.2, -0.15) is 0 Å². The van der Waals surface area contributed by atoms with Crippen LogP contribution in [0.1, 0.15) is 73.7 Å². The molecule has 1 aliphatic carbocycles. The number of hydrogen-bond acceptors (Lipinski definition) is 4. The van der Waals surface area contributed by atoms with Crippen LogP contribution in [0.4, 0.5) is 0 Å². The summed E-state index contributed by atoms with van der Waals surface area (Å²) >= 11 is 0. The Morgan fingerprint density at radius 2 is 1.82 bits per heavy atom. The number of amides is 2. The molecular weight excluding hydrogens is 356 g/mol. The third-order valence-electron chi connectivity index (χ3n) is 5.51. The van der Waals surface area contributed by atoms with Gasteiger partial charge in [0.2, 0.25) is 5.91 Å². The number of esters is 1. The van der Waals surface area contributed by atoms with Crippen molar-refractivity contribution in [1.29, 1.82) is 0 Å². The Morgan fingerprint density at radius 3 is 2.54 bits per heavy atom. The van der Waals surface area contributed by atoms with Gasteiger partial charge >= 0.3 is 5.97 Å². The Balaban J connectivity index is 1.46. The van der Waals surface area contributed by atoms with Gasteiger partial charge < -0.3 is 15.0 Å². The van der Waals surface area contributed by atoms with Gasteiger partial charge in [-0.25, -0.2) is 4.79 Å². The van der Waals surface area contributed by atoms with E-state index in [-0.39, 0.29) is 24.5 Å². The van der Waals surface area contributed by atoms with Gasteiger partial charge in [0.25, 0.3) is 5.91 Å².